The average Bonchev–Trinajstić information content (AvgIpc) is 2.16. The first-order valence-corrected chi connectivity index (χ1v) is 5.09. The molecule has 3 heteroatoms. The molecular formula is C10H20O3. The molecule has 0 spiro atoms. The third kappa shape index (κ3) is 2.66. The molecular weight excluding hydrogens is 168 g/mol. The predicted molar refractivity (Wildman–Crippen MR) is 50.5 cm³/mol. The maximum atomic E-state index is 10.2. The van der Waals surface area contributed by atoms with Crippen molar-refractivity contribution in [2.24, 2.45) is 0 Å². The van der Waals surface area contributed by atoms with Crippen LogP contribution < -0.4 is 0 Å². The summed E-state index contributed by atoms with van der Waals surface area (Å²) in [6, 6.07) is 0. The molecule has 1 fully saturated rings. The first-order valence-electron chi connectivity index (χ1n) is 5.09. The normalized spacial score (nSPS) is 34.8. The quantitative estimate of drug-likeness (QED) is 0.694. The third-order valence-corrected chi connectivity index (χ3v) is 2.98. The fourth-order valence-electron chi connectivity index (χ4n) is 2.20. The van der Waals surface area contributed by atoms with Crippen LogP contribution >= 0.6 is 0 Å². The molecule has 1 aliphatic carbocycles. The molecule has 0 amide bonds. The lowest BCUT2D eigenvalue weighted by atomic mass is 9.79. The van der Waals surface area contributed by atoms with Gasteiger partial charge in [-0.3, -0.25) is 0 Å². The monoisotopic (exact) mass is 188 g/mol. The highest BCUT2D eigenvalue weighted by molar-refractivity contribution is 4.90. The van der Waals surface area contributed by atoms with Gasteiger partial charge in [0.15, 0.2) is 0 Å². The van der Waals surface area contributed by atoms with E-state index in [1.54, 1.807) is 7.11 Å². The van der Waals surface area contributed by atoms with E-state index >= 15 is 0 Å². The molecule has 0 aromatic rings. The SMILES string of the molecule is COC1CCCCC1(O)CCCO. The summed E-state index contributed by atoms with van der Waals surface area (Å²) in [5.41, 5.74) is -0.685. The van der Waals surface area contributed by atoms with Crippen molar-refractivity contribution in [3.05, 3.63) is 0 Å². The van der Waals surface area contributed by atoms with E-state index in [0.717, 1.165) is 25.7 Å². The van der Waals surface area contributed by atoms with Crippen molar-refractivity contribution in [1.82, 2.24) is 0 Å². The Morgan fingerprint density at radius 1 is 1.46 bits per heavy atom. The van der Waals surface area contributed by atoms with Gasteiger partial charge < -0.3 is 14.9 Å². The highest BCUT2D eigenvalue weighted by Gasteiger charge is 2.38. The van der Waals surface area contributed by atoms with Gasteiger partial charge in [-0.25, -0.2) is 0 Å². The minimum absolute atomic E-state index is 0.0344. The summed E-state index contributed by atoms with van der Waals surface area (Å²) in [5, 5.41) is 18.9. The van der Waals surface area contributed by atoms with Gasteiger partial charge in [0, 0.05) is 13.7 Å². The van der Waals surface area contributed by atoms with Crippen LogP contribution in [0.2, 0.25) is 0 Å². The van der Waals surface area contributed by atoms with Gasteiger partial charge >= 0.3 is 0 Å². The molecule has 13 heavy (non-hydrogen) atoms. The Balaban J connectivity index is 2.49. The molecule has 2 N–H and O–H groups in total. The van der Waals surface area contributed by atoms with Gasteiger partial charge in [0.1, 0.15) is 0 Å². The Kier molecular flexibility index (Phi) is 4.16. The first-order chi connectivity index (χ1) is 6.23. The zero-order chi connectivity index (χ0) is 9.73. The van der Waals surface area contributed by atoms with E-state index in [9.17, 15) is 5.11 Å². The first kappa shape index (κ1) is 11.0. The Morgan fingerprint density at radius 2 is 2.23 bits per heavy atom. The smallest absolute Gasteiger partial charge is 0.0908 e. The number of methoxy groups -OCH3 is 1. The van der Waals surface area contributed by atoms with Crippen LogP contribution in [0.4, 0.5) is 0 Å². The lowest BCUT2D eigenvalue weighted by Crippen LogP contribution is -2.46. The summed E-state index contributed by atoms with van der Waals surface area (Å²) >= 11 is 0. The van der Waals surface area contributed by atoms with Crippen LogP contribution in [0.3, 0.4) is 0 Å². The number of ether oxygens (including phenoxy) is 1. The van der Waals surface area contributed by atoms with Crippen molar-refractivity contribution < 1.29 is 14.9 Å². The van der Waals surface area contributed by atoms with Crippen molar-refractivity contribution in [2.45, 2.75) is 50.2 Å². The van der Waals surface area contributed by atoms with Gasteiger partial charge in [0.25, 0.3) is 0 Å². The molecule has 0 heterocycles. The van der Waals surface area contributed by atoms with Gasteiger partial charge in [0.05, 0.1) is 11.7 Å². The number of aliphatic hydroxyl groups is 2. The second-order valence-electron chi connectivity index (χ2n) is 3.90. The standard InChI is InChI=1S/C10H20O3/c1-13-9-5-2-3-6-10(9,12)7-4-8-11/h9,11-12H,2-8H2,1H3. The Labute approximate surface area is 79.7 Å². The lowest BCUT2D eigenvalue weighted by molar-refractivity contribution is -0.122. The zero-order valence-electron chi connectivity index (χ0n) is 8.33. The van der Waals surface area contributed by atoms with E-state index in [2.05, 4.69) is 0 Å². The molecule has 2 atom stereocenters. The average molecular weight is 188 g/mol. The van der Waals surface area contributed by atoms with Crippen LogP contribution in [0, 0.1) is 0 Å². The van der Waals surface area contributed by atoms with Gasteiger partial charge in [-0.1, -0.05) is 12.8 Å². The molecule has 78 valence electrons. The summed E-state index contributed by atoms with van der Waals surface area (Å²) in [4.78, 5) is 0. The molecule has 3 nitrogen and oxygen atoms in total. The van der Waals surface area contributed by atoms with Crippen molar-refractivity contribution in [3.8, 4) is 0 Å². The van der Waals surface area contributed by atoms with E-state index in [0.29, 0.717) is 12.8 Å². The maximum Gasteiger partial charge on any atom is 0.0908 e. The topological polar surface area (TPSA) is 49.7 Å². The Hall–Kier alpha value is -0.120. The molecule has 1 saturated carbocycles. The van der Waals surface area contributed by atoms with Crippen LogP contribution in [0.1, 0.15) is 38.5 Å². The second kappa shape index (κ2) is 4.94. The molecule has 0 aromatic heterocycles. The van der Waals surface area contributed by atoms with Crippen molar-refractivity contribution >= 4 is 0 Å². The summed E-state index contributed by atoms with van der Waals surface area (Å²) < 4.78 is 5.27. The number of aliphatic hydroxyl groups excluding tert-OH is 1. The molecule has 1 aliphatic rings. The fourth-order valence-corrected chi connectivity index (χ4v) is 2.20. The molecule has 0 saturated heterocycles. The molecule has 1 rings (SSSR count). The van der Waals surface area contributed by atoms with E-state index in [1.165, 1.54) is 0 Å². The minimum atomic E-state index is -0.685. The summed E-state index contributed by atoms with van der Waals surface area (Å²) in [6.07, 6.45) is 5.25. The molecule has 0 aromatic carbocycles. The van der Waals surface area contributed by atoms with Crippen LogP contribution in [0.15, 0.2) is 0 Å². The van der Waals surface area contributed by atoms with Crippen LogP contribution in [0.25, 0.3) is 0 Å². The third-order valence-electron chi connectivity index (χ3n) is 2.98. The number of hydrogen-bond acceptors (Lipinski definition) is 3. The molecule has 0 aliphatic heterocycles. The lowest BCUT2D eigenvalue weighted by Gasteiger charge is -2.39. The van der Waals surface area contributed by atoms with Crippen molar-refractivity contribution in [2.75, 3.05) is 13.7 Å². The van der Waals surface area contributed by atoms with Gasteiger partial charge in [-0.2, -0.15) is 0 Å². The van der Waals surface area contributed by atoms with Crippen LogP contribution in [-0.4, -0.2) is 35.6 Å². The van der Waals surface area contributed by atoms with Crippen LogP contribution in [0.5, 0.6) is 0 Å². The predicted octanol–water partition coefficient (Wildman–Crippen LogP) is 1.08. The minimum Gasteiger partial charge on any atom is -0.396 e. The van der Waals surface area contributed by atoms with Crippen molar-refractivity contribution in [3.63, 3.8) is 0 Å². The zero-order valence-corrected chi connectivity index (χ0v) is 8.33. The fraction of sp³-hybridized carbons (Fsp3) is 1.00. The molecule has 0 bridgehead atoms. The largest absolute Gasteiger partial charge is 0.396 e. The van der Waals surface area contributed by atoms with E-state index in [1.807, 2.05) is 0 Å². The number of rotatable bonds is 4. The maximum absolute atomic E-state index is 10.2. The molecule has 2 unspecified atom stereocenters. The van der Waals surface area contributed by atoms with E-state index in [4.69, 9.17) is 9.84 Å². The summed E-state index contributed by atoms with van der Waals surface area (Å²) in [7, 11) is 1.65. The Bertz CT molecular complexity index is 149. The summed E-state index contributed by atoms with van der Waals surface area (Å²) in [6.45, 7) is 0.152. The van der Waals surface area contributed by atoms with Gasteiger partial charge in [-0.15, -0.1) is 0 Å². The summed E-state index contributed by atoms with van der Waals surface area (Å²) in [5.74, 6) is 0. The van der Waals surface area contributed by atoms with E-state index < -0.39 is 5.60 Å². The van der Waals surface area contributed by atoms with Gasteiger partial charge in [0.2, 0.25) is 0 Å². The Morgan fingerprint density at radius 3 is 2.85 bits per heavy atom. The van der Waals surface area contributed by atoms with E-state index in [-0.39, 0.29) is 12.7 Å². The number of hydrogen-bond donors (Lipinski definition) is 2. The van der Waals surface area contributed by atoms with Gasteiger partial charge in [-0.05, 0) is 25.7 Å². The highest BCUT2D eigenvalue weighted by Crippen LogP contribution is 2.33. The second-order valence-corrected chi connectivity index (χ2v) is 3.90. The van der Waals surface area contributed by atoms with Crippen molar-refractivity contribution in [1.29, 1.82) is 0 Å². The van der Waals surface area contributed by atoms with Crippen LogP contribution in [-0.2, 0) is 4.74 Å². The highest BCUT2D eigenvalue weighted by atomic mass is 16.5. The molecule has 0 radical (unpaired) electrons.